The molecule has 1 unspecified atom stereocenters. The lowest BCUT2D eigenvalue weighted by molar-refractivity contribution is 0.403. The minimum Gasteiger partial charge on any atom is -0.496 e. The van der Waals surface area contributed by atoms with Crippen LogP contribution < -0.4 is 10.1 Å². The maximum Gasteiger partial charge on any atom is 0.127 e. The molecule has 2 aromatic carbocycles. The Labute approximate surface area is 114 Å². The van der Waals surface area contributed by atoms with E-state index in [2.05, 4.69) is 55.6 Å². The third kappa shape index (κ3) is 1.97. The minimum atomic E-state index is 0.312. The van der Waals surface area contributed by atoms with Gasteiger partial charge in [-0.2, -0.15) is 0 Å². The van der Waals surface area contributed by atoms with Gasteiger partial charge in [-0.15, -0.1) is 0 Å². The molecule has 0 aliphatic carbocycles. The van der Waals surface area contributed by atoms with Crippen LogP contribution in [0, 0.1) is 13.8 Å². The number of para-hydroxylation sites is 1. The second-order valence-electron chi connectivity index (χ2n) is 5.19. The van der Waals surface area contributed by atoms with Crippen LogP contribution in [-0.2, 0) is 6.42 Å². The largest absolute Gasteiger partial charge is 0.496 e. The van der Waals surface area contributed by atoms with E-state index in [0.717, 1.165) is 12.2 Å². The first kappa shape index (κ1) is 12.1. The molecule has 0 saturated heterocycles. The summed E-state index contributed by atoms with van der Waals surface area (Å²) in [5.41, 5.74) is 6.39. The smallest absolute Gasteiger partial charge is 0.127 e. The molecule has 1 aliphatic rings. The first-order valence-electron chi connectivity index (χ1n) is 6.69. The topological polar surface area (TPSA) is 21.3 Å². The summed E-state index contributed by atoms with van der Waals surface area (Å²) in [6.45, 7) is 4.25. The number of hydrogen-bond donors (Lipinski definition) is 1. The highest BCUT2D eigenvalue weighted by Crippen LogP contribution is 2.39. The van der Waals surface area contributed by atoms with Gasteiger partial charge in [-0.1, -0.05) is 30.3 Å². The molecule has 1 heterocycles. The van der Waals surface area contributed by atoms with Gasteiger partial charge in [0.15, 0.2) is 0 Å². The fraction of sp³-hybridized carbons (Fsp3) is 0.294. The molecular weight excluding hydrogens is 234 g/mol. The minimum absolute atomic E-state index is 0.312. The Balaban J connectivity index is 2.00. The van der Waals surface area contributed by atoms with E-state index in [0.29, 0.717) is 6.04 Å². The Morgan fingerprint density at radius 2 is 1.89 bits per heavy atom. The number of nitrogens with one attached hydrogen (secondary N) is 1. The van der Waals surface area contributed by atoms with Gasteiger partial charge in [0.25, 0.3) is 0 Å². The van der Waals surface area contributed by atoms with E-state index < -0.39 is 0 Å². The average Bonchev–Trinajstić information content (AvgIpc) is 2.85. The van der Waals surface area contributed by atoms with Crippen LogP contribution in [0.2, 0.25) is 0 Å². The van der Waals surface area contributed by atoms with Gasteiger partial charge in [0.05, 0.1) is 13.2 Å². The Morgan fingerprint density at radius 1 is 1.11 bits per heavy atom. The average molecular weight is 253 g/mol. The third-order valence-electron chi connectivity index (χ3n) is 4.06. The van der Waals surface area contributed by atoms with Crippen molar-refractivity contribution in [3.8, 4) is 5.75 Å². The fourth-order valence-electron chi connectivity index (χ4n) is 2.84. The Kier molecular flexibility index (Phi) is 2.94. The highest BCUT2D eigenvalue weighted by Gasteiger charge is 2.25. The monoisotopic (exact) mass is 253 g/mol. The van der Waals surface area contributed by atoms with Crippen molar-refractivity contribution in [1.29, 1.82) is 0 Å². The molecule has 0 aromatic heterocycles. The zero-order valence-corrected chi connectivity index (χ0v) is 11.7. The van der Waals surface area contributed by atoms with Gasteiger partial charge in [0, 0.05) is 11.3 Å². The number of benzene rings is 2. The van der Waals surface area contributed by atoms with E-state index in [1.807, 2.05) is 0 Å². The van der Waals surface area contributed by atoms with Gasteiger partial charge in [-0.05, 0) is 43.0 Å². The molecule has 0 saturated carbocycles. The van der Waals surface area contributed by atoms with Crippen molar-refractivity contribution in [3.63, 3.8) is 0 Å². The second-order valence-corrected chi connectivity index (χ2v) is 5.19. The normalized spacial score (nSPS) is 16.9. The van der Waals surface area contributed by atoms with Crippen molar-refractivity contribution in [2.45, 2.75) is 26.3 Å². The first-order valence-corrected chi connectivity index (χ1v) is 6.69. The van der Waals surface area contributed by atoms with E-state index in [1.165, 1.54) is 27.9 Å². The molecule has 2 aromatic rings. The number of fused-ring (bicyclic) bond motifs is 1. The summed E-state index contributed by atoms with van der Waals surface area (Å²) in [6.07, 6.45) is 1.02. The lowest BCUT2D eigenvalue weighted by Crippen LogP contribution is -2.09. The molecule has 1 atom stereocenters. The van der Waals surface area contributed by atoms with Crippen LogP contribution in [0.1, 0.15) is 28.3 Å². The number of rotatable bonds is 2. The highest BCUT2D eigenvalue weighted by molar-refractivity contribution is 5.60. The predicted molar refractivity (Wildman–Crippen MR) is 79.0 cm³/mol. The summed E-state index contributed by atoms with van der Waals surface area (Å²) >= 11 is 0. The van der Waals surface area contributed by atoms with E-state index in [1.54, 1.807) is 7.11 Å². The van der Waals surface area contributed by atoms with E-state index >= 15 is 0 Å². The lowest BCUT2D eigenvalue weighted by Gasteiger charge is -2.18. The predicted octanol–water partition coefficient (Wildman–Crippen LogP) is 4.02. The lowest BCUT2D eigenvalue weighted by atomic mass is 9.97. The fourth-order valence-corrected chi connectivity index (χ4v) is 2.84. The van der Waals surface area contributed by atoms with Gasteiger partial charge >= 0.3 is 0 Å². The Morgan fingerprint density at radius 3 is 2.63 bits per heavy atom. The number of anilines is 1. The summed E-state index contributed by atoms with van der Waals surface area (Å²) in [5.74, 6) is 1.02. The molecule has 0 fully saturated rings. The van der Waals surface area contributed by atoms with Crippen molar-refractivity contribution >= 4 is 5.69 Å². The molecule has 2 nitrogen and oxygen atoms in total. The molecular formula is C17H19NO. The van der Waals surface area contributed by atoms with Crippen LogP contribution in [0.25, 0.3) is 0 Å². The second kappa shape index (κ2) is 4.61. The molecule has 1 aliphatic heterocycles. The maximum absolute atomic E-state index is 5.63. The zero-order valence-electron chi connectivity index (χ0n) is 11.7. The Hall–Kier alpha value is -1.96. The zero-order chi connectivity index (χ0) is 13.4. The molecule has 0 spiro atoms. The van der Waals surface area contributed by atoms with Crippen molar-refractivity contribution < 1.29 is 4.74 Å². The van der Waals surface area contributed by atoms with Gasteiger partial charge in [0.1, 0.15) is 5.75 Å². The van der Waals surface area contributed by atoms with Gasteiger partial charge < -0.3 is 10.1 Å². The molecule has 3 rings (SSSR count). The molecule has 0 bridgehead atoms. The maximum atomic E-state index is 5.63. The third-order valence-corrected chi connectivity index (χ3v) is 4.06. The Bertz CT molecular complexity index is 594. The SMILES string of the molecule is COc1c(C2Cc3ccccc3N2)ccc(C)c1C. The van der Waals surface area contributed by atoms with Crippen LogP contribution in [0.3, 0.4) is 0 Å². The molecule has 19 heavy (non-hydrogen) atoms. The molecule has 98 valence electrons. The van der Waals surface area contributed by atoms with Crippen LogP contribution in [-0.4, -0.2) is 7.11 Å². The summed E-state index contributed by atoms with van der Waals surface area (Å²) in [6, 6.07) is 13.2. The summed E-state index contributed by atoms with van der Waals surface area (Å²) in [7, 11) is 1.76. The van der Waals surface area contributed by atoms with Crippen LogP contribution in [0.15, 0.2) is 36.4 Å². The van der Waals surface area contributed by atoms with Crippen molar-refractivity contribution in [2.75, 3.05) is 12.4 Å². The summed E-state index contributed by atoms with van der Waals surface area (Å²) in [5, 5.41) is 3.59. The summed E-state index contributed by atoms with van der Waals surface area (Å²) in [4.78, 5) is 0. The van der Waals surface area contributed by atoms with E-state index in [9.17, 15) is 0 Å². The van der Waals surface area contributed by atoms with Crippen LogP contribution >= 0.6 is 0 Å². The van der Waals surface area contributed by atoms with Crippen LogP contribution in [0.5, 0.6) is 5.75 Å². The van der Waals surface area contributed by atoms with Crippen molar-refractivity contribution in [2.24, 2.45) is 0 Å². The number of ether oxygens (including phenoxy) is 1. The van der Waals surface area contributed by atoms with Gasteiger partial charge in [-0.25, -0.2) is 0 Å². The quantitative estimate of drug-likeness (QED) is 0.872. The molecule has 1 N–H and O–H groups in total. The molecule has 2 heteroatoms. The molecule has 0 amide bonds. The molecule has 0 radical (unpaired) electrons. The van der Waals surface area contributed by atoms with Gasteiger partial charge in [0.2, 0.25) is 0 Å². The van der Waals surface area contributed by atoms with Gasteiger partial charge in [-0.3, -0.25) is 0 Å². The number of aryl methyl sites for hydroxylation is 1. The standard InChI is InChI=1S/C17H19NO/c1-11-8-9-14(17(19-3)12(11)2)16-10-13-6-4-5-7-15(13)18-16/h4-9,16,18H,10H2,1-3H3. The van der Waals surface area contributed by atoms with Crippen LogP contribution in [0.4, 0.5) is 5.69 Å². The number of methoxy groups -OCH3 is 1. The first-order chi connectivity index (χ1) is 9.20. The highest BCUT2D eigenvalue weighted by atomic mass is 16.5. The number of hydrogen-bond acceptors (Lipinski definition) is 2. The van der Waals surface area contributed by atoms with Crippen molar-refractivity contribution in [1.82, 2.24) is 0 Å². The van der Waals surface area contributed by atoms with E-state index in [4.69, 9.17) is 4.74 Å². The summed E-state index contributed by atoms with van der Waals surface area (Å²) < 4.78 is 5.63. The van der Waals surface area contributed by atoms with Crippen molar-refractivity contribution in [3.05, 3.63) is 58.7 Å². The van der Waals surface area contributed by atoms with E-state index in [-0.39, 0.29) is 0 Å².